The smallest absolute Gasteiger partial charge is 0.263 e. The van der Waals surface area contributed by atoms with Gasteiger partial charge in [-0.2, -0.15) is 0 Å². The van der Waals surface area contributed by atoms with Gasteiger partial charge in [-0.3, -0.25) is 4.79 Å². The maximum absolute atomic E-state index is 11.9. The number of carbonyl (C=O) groups is 1. The Morgan fingerprint density at radius 3 is 2.52 bits per heavy atom. The molecule has 2 aromatic carbocycles. The Morgan fingerprint density at radius 1 is 1.12 bits per heavy atom. The van der Waals surface area contributed by atoms with Crippen LogP contribution in [-0.4, -0.2) is 30.6 Å². The average Bonchev–Trinajstić information content (AvgIpc) is 3.14. The van der Waals surface area contributed by atoms with Crippen molar-refractivity contribution < 1.29 is 19.0 Å². The summed E-state index contributed by atoms with van der Waals surface area (Å²) in [6.45, 7) is 0.825. The van der Waals surface area contributed by atoms with E-state index in [1.165, 1.54) is 49.4 Å². The van der Waals surface area contributed by atoms with Gasteiger partial charge in [-0.1, -0.05) is 55.4 Å². The summed E-state index contributed by atoms with van der Waals surface area (Å²) >= 11 is 8.51. The number of benzene rings is 2. The van der Waals surface area contributed by atoms with E-state index in [2.05, 4.69) is 52.2 Å². The quantitative estimate of drug-likeness (QED) is 0.168. The lowest BCUT2D eigenvalue weighted by Gasteiger charge is -2.22. The van der Waals surface area contributed by atoms with Crippen molar-refractivity contribution >= 4 is 62.9 Å². The Balaban J connectivity index is 1.33. The van der Waals surface area contributed by atoms with E-state index >= 15 is 0 Å². The van der Waals surface area contributed by atoms with E-state index in [9.17, 15) is 4.79 Å². The summed E-state index contributed by atoms with van der Waals surface area (Å²) in [5.41, 5.74) is 2.27. The number of nitrogens with one attached hydrogen (secondary N) is 1. The summed E-state index contributed by atoms with van der Waals surface area (Å²) in [5.74, 6) is 2.64. The third kappa shape index (κ3) is 6.42. The lowest BCUT2D eigenvalue weighted by molar-refractivity contribution is -0.115. The van der Waals surface area contributed by atoms with Crippen LogP contribution in [0.1, 0.15) is 49.1 Å². The molecule has 1 heterocycles. The normalized spacial score (nSPS) is 17.8. The van der Waals surface area contributed by atoms with Crippen molar-refractivity contribution in [3.05, 3.63) is 56.0 Å². The molecule has 1 saturated heterocycles. The fourth-order valence-corrected chi connectivity index (χ4v) is 5.94. The summed E-state index contributed by atoms with van der Waals surface area (Å²) in [6.07, 6.45) is 8.43. The molecule has 0 aromatic heterocycles. The lowest BCUT2D eigenvalue weighted by atomic mass is 9.84. The number of hydrogen-bond donors (Lipinski definition) is 1. The van der Waals surface area contributed by atoms with Crippen LogP contribution in [0.2, 0.25) is 0 Å². The molecule has 2 fully saturated rings. The molecule has 0 bridgehead atoms. The van der Waals surface area contributed by atoms with Gasteiger partial charge in [-0.25, -0.2) is 0 Å². The summed E-state index contributed by atoms with van der Waals surface area (Å²) in [6, 6.07) is 12.3. The molecule has 174 valence electrons. The van der Waals surface area contributed by atoms with Gasteiger partial charge in [0.1, 0.15) is 23.3 Å². The van der Waals surface area contributed by atoms with E-state index in [0.29, 0.717) is 39.9 Å². The Labute approximate surface area is 217 Å². The van der Waals surface area contributed by atoms with Gasteiger partial charge in [0.05, 0.1) is 15.6 Å². The predicted octanol–water partition coefficient (Wildman–Crippen LogP) is 6.29. The first-order valence-corrected chi connectivity index (χ1v) is 13.3. The van der Waals surface area contributed by atoms with Gasteiger partial charge in [-0.05, 0) is 82.8 Å². The number of thiocarbonyl (C=S) groups is 1. The molecule has 0 spiro atoms. The molecule has 1 amide bonds. The molecule has 0 atom stereocenters. The molecular formula is C25H26INO4S2. The van der Waals surface area contributed by atoms with Crippen LogP contribution in [0.4, 0.5) is 0 Å². The summed E-state index contributed by atoms with van der Waals surface area (Å²) in [5, 5.41) is 2.62. The molecule has 1 aliphatic heterocycles. The minimum absolute atomic E-state index is 0.178. The monoisotopic (exact) mass is 595 g/mol. The van der Waals surface area contributed by atoms with Gasteiger partial charge in [0, 0.05) is 0 Å². The Kier molecular flexibility index (Phi) is 8.54. The molecule has 1 saturated carbocycles. The van der Waals surface area contributed by atoms with E-state index < -0.39 is 0 Å². The standard InChI is InChI=1S/C25H26INO4S2/c1-29-21-14-16(15-22-24(28)27-25(32)33-22)13-20(26)23(21)31-12-11-30-19-9-7-18(8-10-19)17-5-3-2-4-6-17/h7-10,13-15,17H,2-6,11-12H2,1H3,(H,27,28,32)/b22-15-. The SMILES string of the molecule is COc1cc(/C=C2\SC(=S)NC2=O)cc(I)c1OCCOc1ccc(C2CCCCC2)cc1. The third-order valence-electron chi connectivity index (χ3n) is 5.75. The second-order valence-corrected chi connectivity index (χ2v) is 10.9. The van der Waals surface area contributed by atoms with Gasteiger partial charge < -0.3 is 19.5 Å². The van der Waals surface area contributed by atoms with Crippen molar-refractivity contribution in [3.8, 4) is 17.2 Å². The van der Waals surface area contributed by atoms with Gasteiger partial charge in [0.15, 0.2) is 11.5 Å². The fraction of sp³-hybridized carbons (Fsp3) is 0.360. The summed E-state index contributed by atoms with van der Waals surface area (Å²) < 4.78 is 18.8. The third-order valence-corrected chi connectivity index (χ3v) is 7.71. The van der Waals surface area contributed by atoms with Crippen molar-refractivity contribution in [1.29, 1.82) is 0 Å². The zero-order chi connectivity index (χ0) is 23.2. The fourth-order valence-electron chi connectivity index (χ4n) is 4.11. The second kappa shape index (κ2) is 11.6. The maximum atomic E-state index is 11.9. The molecule has 5 nitrogen and oxygen atoms in total. The number of ether oxygens (including phenoxy) is 3. The molecule has 0 unspecified atom stereocenters. The number of methoxy groups -OCH3 is 1. The topological polar surface area (TPSA) is 56.8 Å². The molecule has 0 radical (unpaired) electrons. The highest BCUT2D eigenvalue weighted by molar-refractivity contribution is 14.1. The number of carbonyl (C=O) groups excluding carboxylic acids is 1. The highest BCUT2D eigenvalue weighted by Gasteiger charge is 2.22. The van der Waals surface area contributed by atoms with Gasteiger partial charge in [0.25, 0.3) is 5.91 Å². The first-order chi connectivity index (χ1) is 16.0. The van der Waals surface area contributed by atoms with Gasteiger partial charge in [-0.15, -0.1) is 0 Å². The second-order valence-electron chi connectivity index (χ2n) is 7.99. The van der Waals surface area contributed by atoms with E-state index in [-0.39, 0.29) is 5.91 Å². The predicted molar refractivity (Wildman–Crippen MR) is 145 cm³/mol. The van der Waals surface area contributed by atoms with E-state index in [1.807, 2.05) is 12.1 Å². The first-order valence-electron chi connectivity index (χ1n) is 11.0. The molecule has 1 aliphatic carbocycles. The zero-order valence-electron chi connectivity index (χ0n) is 18.4. The van der Waals surface area contributed by atoms with Crippen molar-refractivity contribution in [2.45, 2.75) is 38.0 Å². The Hall–Kier alpha value is -1.78. The molecule has 4 rings (SSSR count). The van der Waals surface area contributed by atoms with Crippen LogP contribution < -0.4 is 19.5 Å². The van der Waals surface area contributed by atoms with Crippen LogP contribution in [0.15, 0.2) is 41.3 Å². The van der Waals surface area contributed by atoms with E-state index in [4.69, 9.17) is 26.4 Å². The molecule has 2 aromatic rings. The zero-order valence-corrected chi connectivity index (χ0v) is 22.2. The van der Waals surface area contributed by atoms with Crippen LogP contribution in [0.25, 0.3) is 6.08 Å². The molecule has 1 N–H and O–H groups in total. The number of halogens is 1. The number of thioether (sulfide) groups is 1. The summed E-state index contributed by atoms with van der Waals surface area (Å²) in [7, 11) is 1.60. The van der Waals surface area contributed by atoms with E-state index in [1.54, 1.807) is 13.2 Å². The Morgan fingerprint density at radius 2 is 1.85 bits per heavy atom. The van der Waals surface area contributed by atoms with E-state index in [0.717, 1.165) is 14.9 Å². The minimum Gasteiger partial charge on any atom is -0.493 e. The van der Waals surface area contributed by atoms with Crippen molar-refractivity contribution in [2.24, 2.45) is 0 Å². The van der Waals surface area contributed by atoms with Crippen LogP contribution >= 0.6 is 46.6 Å². The van der Waals surface area contributed by atoms with Crippen LogP contribution in [-0.2, 0) is 4.79 Å². The van der Waals surface area contributed by atoms with Gasteiger partial charge in [0.2, 0.25) is 0 Å². The molecular weight excluding hydrogens is 569 g/mol. The van der Waals surface area contributed by atoms with Crippen LogP contribution in [0, 0.1) is 3.57 Å². The number of hydrogen-bond acceptors (Lipinski definition) is 6. The minimum atomic E-state index is -0.178. The molecule has 8 heteroatoms. The number of amides is 1. The first kappa shape index (κ1) is 24.3. The average molecular weight is 596 g/mol. The van der Waals surface area contributed by atoms with Gasteiger partial charge >= 0.3 is 0 Å². The maximum Gasteiger partial charge on any atom is 0.263 e. The highest BCUT2D eigenvalue weighted by Crippen LogP contribution is 2.36. The van der Waals surface area contributed by atoms with Crippen molar-refractivity contribution in [3.63, 3.8) is 0 Å². The largest absolute Gasteiger partial charge is 0.493 e. The summed E-state index contributed by atoms with van der Waals surface area (Å²) in [4.78, 5) is 12.5. The van der Waals surface area contributed by atoms with Crippen molar-refractivity contribution in [1.82, 2.24) is 5.32 Å². The van der Waals surface area contributed by atoms with Crippen LogP contribution in [0.5, 0.6) is 17.2 Å². The lowest BCUT2D eigenvalue weighted by Crippen LogP contribution is -2.17. The molecule has 33 heavy (non-hydrogen) atoms. The van der Waals surface area contributed by atoms with Crippen molar-refractivity contribution in [2.75, 3.05) is 20.3 Å². The highest BCUT2D eigenvalue weighted by atomic mass is 127. The number of rotatable bonds is 8. The van der Waals surface area contributed by atoms with Crippen LogP contribution in [0.3, 0.4) is 0 Å². The Bertz CT molecular complexity index is 1050. The molecule has 2 aliphatic rings.